The molecule has 1 aliphatic rings. The largest absolute Gasteiger partial charge is 0.496 e. The number of para-hydroxylation sites is 1. The van der Waals surface area contributed by atoms with Gasteiger partial charge in [-0.2, -0.15) is 0 Å². The molecule has 0 bridgehead atoms. The molecule has 2 aromatic rings. The summed E-state index contributed by atoms with van der Waals surface area (Å²) >= 11 is 0. The quantitative estimate of drug-likeness (QED) is 0.888. The number of methoxy groups -OCH3 is 1. The van der Waals surface area contributed by atoms with Crippen molar-refractivity contribution < 1.29 is 4.74 Å². The van der Waals surface area contributed by atoms with Crippen molar-refractivity contribution in [2.24, 2.45) is 0 Å². The average molecular weight is 244 g/mol. The fraction of sp³-hybridized carbons (Fsp3) is 0.385. The minimum absolute atomic E-state index is 0.418. The van der Waals surface area contributed by atoms with Crippen molar-refractivity contribution >= 4 is 0 Å². The van der Waals surface area contributed by atoms with Gasteiger partial charge in [0.05, 0.1) is 19.3 Å². The Bertz CT molecular complexity index is 531. The van der Waals surface area contributed by atoms with E-state index in [0.717, 1.165) is 36.5 Å². The van der Waals surface area contributed by atoms with E-state index in [0.29, 0.717) is 6.04 Å². The predicted octanol–water partition coefficient (Wildman–Crippen LogP) is 1.49. The van der Waals surface area contributed by atoms with Crippen molar-refractivity contribution in [1.29, 1.82) is 0 Å². The van der Waals surface area contributed by atoms with Crippen LogP contribution in [0.2, 0.25) is 0 Å². The first-order valence-corrected chi connectivity index (χ1v) is 6.14. The molecule has 1 saturated heterocycles. The number of rotatable bonds is 3. The summed E-state index contributed by atoms with van der Waals surface area (Å²) in [6.45, 7) is 2.02. The lowest BCUT2D eigenvalue weighted by Gasteiger charge is -2.07. The van der Waals surface area contributed by atoms with Crippen molar-refractivity contribution in [3.63, 3.8) is 0 Å². The molecule has 5 nitrogen and oxygen atoms in total. The summed E-state index contributed by atoms with van der Waals surface area (Å²) in [4.78, 5) is 0. The molecular formula is C13H16N4O. The van der Waals surface area contributed by atoms with E-state index in [1.54, 1.807) is 7.11 Å². The number of benzene rings is 1. The number of nitrogens with one attached hydrogen (secondary N) is 1. The zero-order valence-corrected chi connectivity index (χ0v) is 10.3. The molecule has 0 radical (unpaired) electrons. The van der Waals surface area contributed by atoms with Gasteiger partial charge in [-0.25, -0.2) is 4.68 Å². The van der Waals surface area contributed by atoms with Gasteiger partial charge in [0.1, 0.15) is 11.4 Å². The molecule has 1 aromatic carbocycles. The summed E-state index contributed by atoms with van der Waals surface area (Å²) in [6.07, 6.45) is 3.10. The van der Waals surface area contributed by atoms with Crippen LogP contribution in [-0.2, 0) is 0 Å². The molecule has 94 valence electrons. The molecule has 1 atom stereocenters. The van der Waals surface area contributed by atoms with Gasteiger partial charge in [0.25, 0.3) is 0 Å². The Balaban J connectivity index is 1.92. The highest BCUT2D eigenvalue weighted by atomic mass is 16.5. The van der Waals surface area contributed by atoms with Crippen molar-refractivity contribution in [3.8, 4) is 17.0 Å². The SMILES string of the molecule is COc1ccccc1-c1cn(C2CCNC2)nn1. The summed E-state index contributed by atoms with van der Waals surface area (Å²) in [7, 11) is 1.67. The van der Waals surface area contributed by atoms with Gasteiger partial charge in [0.2, 0.25) is 0 Å². The van der Waals surface area contributed by atoms with Crippen molar-refractivity contribution in [2.45, 2.75) is 12.5 Å². The fourth-order valence-corrected chi connectivity index (χ4v) is 2.30. The molecule has 5 heteroatoms. The van der Waals surface area contributed by atoms with E-state index in [2.05, 4.69) is 15.6 Å². The number of hydrogen-bond acceptors (Lipinski definition) is 4. The van der Waals surface area contributed by atoms with Crippen LogP contribution in [0.1, 0.15) is 12.5 Å². The second kappa shape index (κ2) is 4.78. The summed E-state index contributed by atoms with van der Waals surface area (Å²) in [5.74, 6) is 0.828. The van der Waals surface area contributed by atoms with E-state index in [4.69, 9.17) is 4.74 Å². The smallest absolute Gasteiger partial charge is 0.128 e. The molecule has 3 rings (SSSR count). The fourth-order valence-electron chi connectivity index (χ4n) is 2.30. The molecule has 0 saturated carbocycles. The number of nitrogens with zero attached hydrogens (tertiary/aromatic N) is 3. The van der Waals surface area contributed by atoms with Crippen LogP contribution in [0, 0.1) is 0 Å². The highest BCUT2D eigenvalue weighted by molar-refractivity contribution is 5.65. The second-order valence-electron chi connectivity index (χ2n) is 4.43. The standard InChI is InChI=1S/C13H16N4O/c1-18-13-5-3-2-4-11(13)12-9-17(16-15-12)10-6-7-14-8-10/h2-5,9-10,14H,6-8H2,1H3. The molecule has 0 spiro atoms. The maximum Gasteiger partial charge on any atom is 0.128 e. The Morgan fingerprint density at radius 3 is 3.06 bits per heavy atom. The van der Waals surface area contributed by atoms with Crippen LogP contribution >= 0.6 is 0 Å². The van der Waals surface area contributed by atoms with E-state index in [-0.39, 0.29) is 0 Å². The highest BCUT2D eigenvalue weighted by Crippen LogP contribution is 2.28. The van der Waals surface area contributed by atoms with Crippen LogP contribution in [-0.4, -0.2) is 35.2 Å². The van der Waals surface area contributed by atoms with Crippen LogP contribution in [0.15, 0.2) is 30.5 Å². The Morgan fingerprint density at radius 2 is 2.28 bits per heavy atom. The van der Waals surface area contributed by atoms with E-state index < -0.39 is 0 Å². The molecule has 0 aliphatic carbocycles. The third-order valence-electron chi connectivity index (χ3n) is 3.30. The number of hydrogen-bond donors (Lipinski definition) is 1. The van der Waals surface area contributed by atoms with E-state index >= 15 is 0 Å². The van der Waals surface area contributed by atoms with E-state index in [1.807, 2.05) is 35.1 Å². The van der Waals surface area contributed by atoms with Crippen molar-refractivity contribution in [1.82, 2.24) is 20.3 Å². The first kappa shape index (κ1) is 11.2. The molecule has 1 unspecified atom stereocenters. The third-order valence-corrected chi connectivity index (χ3v) is 3.30. The topological polar surface area (TPSA) is 52.0 Å². The third kappa shape index (κ3) is 1.97. The second-order valence-corrected chi connectivity index (χ2v) is 4.43. The van der Waals surface area contributed by atoms with Crippen LogP contribution in [0.4, 0.5) is 0 Å². The molecule has 2 heterocycles. The van der Waals surface area contributed by atoms with Gasteiger partial charge in [-0.1, -0.05) is 17.3 Å². The van der Waals surface area contributed by atoms with Gasteiger partial charge in [-0.15, -0.1) is 5.10 Å². The molecule has 18 heavy (non-hydrogen) atoms. The lowest BCUT2D eigenvalue weighted by atomic mass is 10.1. The Labute approximate surface area is 106 Å². The zero-order valence-electron chi connectivity index (χ0n) is 10.3. The minimum Gasteiger partial charge on any atom is -0.496 e. The highest BCUT2D eigenvalue weighted by Gasteiger charge is 2.18. The summed E-state index contributed by atoms with van der Waals surface area (Å²) in [5.41, 5.74) is 1.84. The Hall–Kier alpha value is -1.88. The molecule has 1 N–H and O–H groups in total. The lowest BCUT2D eigenvalue weighted by Crippen LogP contribution is -2.13. The van der Waals surface area contributed by atoms with Gasteiger partial charge in [-0.3, -0.25) is 0 Å². The van der Waals surface area contributed by atoms with Crippen LogP contribution < -0.4 is 10.1 Å². The van der Waals surface area contributed by atoms with E-state index in [9.17, 15) is 0 Å². The lowest BCUT2D eigenvalue weighted by molar-refractivity contribution is 0.416. The van der Waals surface area contributed by atoms with Gasteiger partial charge in [0, 0.05) is 12.1 Å². The molecule has 1 fully saturated rings. The maximum atomic E-state index is 5.35. The molecular weight excluding hydrogens is 228 g/mol. The molecule has 1 aromatic heterocycles. The van der Waals surface area contributed by atoms with Gasteiger partial charge >= 0.3 is 0 Å². The Morgan fingerprint density at radius 1 is 1.39 bits per heavy atom. The van der Waals surface area contributed by atoms with Crippen LogP contribution in [0.5, 0.6) is 5.75 Å². The number of aromatic nitrogens is 3. The minimum atomic E-state index is 0.418. The first-order chi connectivity index (χ1) is 8.88. The van der Waals surface area contributed by atoms with Crippen molar-refractivity contribution in [3.05, 3.63) is 30.5 Å². The number of ether oxygens (including phenoxy) is 1. The molecule has 1 aliphatic heterocycles. The van der Waals surface area contributed by atoms with Gasteiger partial charge in [-0.05, 0) is 25.1 Å². The summed E-state index contributed by atoms with van der Waals surface area (Å²) < 4.78 is 7.29. The normalized spacial score (nSPS) is 19.1. The summed E-state index contributed by atoms with van der Waals surface area (Å²) in [6, 6.07) is 8.29. The Kier molecular flexibility index (Phi) is 2.98. The van der Waals surface area contributed by atoms with Crippen LogP contribution in [0.3, 0.4) is 0 Å². The first-order valence-electron chi connectivity index (χ1n) is 6.14. The predicted molar refractivity (Wildman–Crippen MR) is 68.5 cm³/mol. The zero-order chi connectivity index (χ0) is 12.4. The van der Waals surface area contributed by atoms with Crippen LogP contribution in [0.25, 0.3) is 11.3 Å². The summed E-state index contributed by atoms with van der Waals surface area (Å²) in [5, 5.41) is 11.8. The maximum absolute atomic E-state index is 5.35. The van der Waals surface area contributed by atoms with Crippen molar-refractivity contribution in [2.75, 3.05) is 20.2 Å². The molecule has 0 amide bonds. The average Bonchev–Trinajstić information content (AvgIpc) is 3.09. The van der Waals surface area contributed by atoms with Gasteiger partial charge < -0.3 is 10.1 Å². The van der Waals surface area contributed by atoms with E-state index in [1.165, 1.54) is 0 Å². The van der Waals surface area contributed by atoms with Gasteiger partial charge in [0.15, 0.2) is 0 Å². The monoisotopic (exact) mass is 244 g/mol.